The first kappa shape index (κ1) is 19.1. The van der Waals surface area contributed by atoms with E-state index in [4.69, 9.17) is 34.8 Å². The monoisotopic (exact) mass is 370 g/mol. The second kappa shape index (κ2) is 7.08. The Morgan fingerprint density at radius 3 is 1.86 bits per heavy atom. The van der Waals surface area contributed by atoms with Gasteiger partial charge in [0.15, 0.2) is 9.84 Å². The number of hydrogen-bond donors (Lipinski definition) is 0. The molecule has 0 heterocycles. The lowest BCUT2D eigenvalue weighted by atomic mass is 9.82. The van der Waals surface area contributed by atoms with E-state index in [-0.39, 0.29) is 17.5 Å². The van der Waals surface area contributed by atoms with E-state index >= 15 is 0 Å². The average molecular weight is 372 g/mol. The van der Waals surface area contributed by atoms with E-state index in [9.17, 15) is 8.42 Å². The summed E-state index contributed by atoms with van der Waals surface area (Å²) >= 11 is 18.2. The predicted octanol–water partition coefficient (Wildman–Crippen LogP) is 4.66. The van der Waals surface area contributed by atoms with Crippen molar-refractivity contribution in [2.24, 2.45) is 0 Å². The Balaban J connectivity index is 3.05. The van der Waals surface area contributed by atoms with E-state index in [2.05, 4.69) is 0 Å². The van der Waals surface area contributed by atoms with Crippen LogP contribution in [-0.2, 0) is 15.3 Å². The van der Waals surface area contributed by atoms with Gasteiger partial charge >= 0.3 is 0 Å². The number of rotatable bonds is 6. The molecule has 1 rings (SSSR count). The maximum absolute atomic E-state index is 12.3. The third kappa shape index (κ3) is 4.51. The highest BCUT2D eigenvalue weighted by Gasteiger charge is 2.36. The number of halogens is 3. The van der Waals surface area contributed by atoms with Crippen LogP contribution in [-0.4, -0.2) is 30.7 Å². The number of sulfone groups is 1. The summed E-state index contributed by atoms with van der Waals surface area (Å²) in [6, 6.07) is 7.25. The molecule has 0 aromatic heterocycles. The summed E-state index contributed by atoms with van der Waals surface area (Å²) in [7, 11) is -3.21. The molecule has 1 aromatic carbocycles. The molecule has 120 valence electrons. The molecule has 0 aliphatic rings. The molecule has 0 spiro atoms. The van der Waals surface area contributed by atoms with Gasteiger partial charge in [-0.2, -0.15) is 0 Å². The fourth-order valence-corrected chi connectivity index (χ4v) is 4.17. The highest BCUT2D eigenvalue weighted by molar-refractivity contribution is 7.92. The highest BCUT2D eigenvalue weighted by Crippen LogP contribution is 2.33. The van der Waals surface area contributed by atoms with Crippen molar-refractivity contribution in [2.75, 3.05) is 17.5 Å². The van der Waals surface area contributed by atoms with Crippen molar-refractivity contribution in [3.63, 3.8) is 0 Å². The fraction of sp³-hybridized carbons (Fsp3) is 0.600. The van der Waals surface area contributed by atoms with Crippen molar-refractivity contribution >= 4 is 44.6 Å². The van der Waals surface area contributed by atoms with Crippen LogP contribution in [0.3, 0.4) is 0 Å². The Hall–Kier alpha value is 0.0400. The first-order valence-corrected chi connectivity index (χ1v) is 9.78. The Morgan fingerprint density at radius 1 is 1.00 bits per heavy atom. The van der Waals surface area contributed by atoms with Crippen molar-refractivity contribution in [3.8, 4) is 0 Å². The SMILES string of the molecule is CC(C)(C)S(=O)(=O)CCC(CCl)(CCl)c1ccc(Cl)cc1. The molecule has 6 heteroatoms. The average Bonchev–Trinajstić information content (AvgIpc) is 2.41. The molecule has 0 fully saturated rings. The van der Waals surface area contributed by atoms with Gasteiger partial charge in [-0.05, 0) is 44.9 Å². The van der Waals surface area contributed by atoms with Gasteiger partial charge in [-0.3, -0.25) is 0 Å². The van der Waals surface area contributed by atoms with E-state index in [0.29, 0.717) is 11.4 Å². The van der Waals surface area contributed by atoms with Gasteiger partial charge in [-0.15, -0.1) is 23.2 Å². The lowest BCUT2D eigenvalue weighted by Gasteiger charge is -2.31. The van der Waals surface area contributed by atoms with Crippen LogP contribution in [0.1, 0.15) is 32.8 Å². The molecule has 0 saturated carbocycles. The standard InChI is InChI=1S/C15H21Cl3O2S/c1-14(2,3)21(19,20)9-8-15(10-16,11-17)12-4-6-13(18)7-5-12/h4-7H,8-11H2,1-3H3. The van der Waals surface area contributed by atoms with E-state index in [0.717, 1.165) is 5.56 Å². The van der Waals surface area contributed by atoms with Gasteiger partial charge in [0.2, 0.25) is 0 Å². The molecular formula is C15H21Cl3O2S. The zero-order valence-corrected chi connectivity index (χ0v) is 15.6. The quantitative estimate of drug-likeness (QED) is 0.682. The predicted molar refractivity (Wildman–Crippen MR) is 92.7 cm³/mol. The molecule has 0 aliphatic carbocycles. The van der Waals surface area contributed by atoms with E-state index in [1.54, 1.807) is 32.9 Å². The second-order valence-corrected chi connectivity index (χ2v) is 10.1. The molecular weight excluding hydrogens is 351 g/mol. The van der Waals surface area contributed by atoms with Gasteiger partial charge in [0, 0.05) is 22.2 Å². The lowest BCUT2D eigenvalue weighted by Crippen LogP contribution is -2.37. The van der Waals surface area contributed by atoms with Crippen LogP contribution in [0.25, 0.3) is 0 Å². The lowest BCUT2D eigenvalue weighted by molar-refractivity contribution is 0.502. The largest absolute Gasteiger partial charge is 0.228 e. The minimum atomic E-state index is -3.21. The van der Waals surface area contributed by atoms with Crippen LogP contribution < -0.4 is 0 Å². The van der Waals surface area contributed by atoms with Gasteiger partial charge in [-0.1, -0.05) is 23.7 Å². The minimum Gasteiger partial charge on any atom is -0.228 e. The molecule has 0 radical (unpaired) electrons. The molecule has 0 saturated heterocycles. The Morgan fingerprint density at radius 2 is 1.48 bits per heavy atom. The van der Waals surface area contributed by atoms with E-state index in [1.165, 1.54) is 0 Å². The van der Waals surface area contributed by atoms with Crippen LogP contribution in [0.5, 0.6) is 0 Å². The highest BCUT2D eigenvalue weighted by atomic mass is 35.5. The first-order chi connectivity index (χ1) is 9.58. The van der Waals surface area contributed by atoms with E-state index in [1.807, 2.05) is 12.1 Å². The summed E-state index contributed by atoms with van der Waals surface area (Å²) < 4.78 is 23.8. The molecule has 0 unspecified atom stereocenters. The zero-order valence-electron chi connectivity index (χ0n) is 12.5. The third-order valence-corrected chi connectivity index (χ3v) is 7.63. The van der Waals surface area contributed by atoms with Crippen LogP contribution in [0.4, 0.5) is 0 Å². The molecule has 0 amide bonds. The molecule has 0 atom stereocenters. The Labute approximate surface area is 142 Å². The zero-order chi connectivity index (χ0) is 16.3. The van der Waals surface area contributed by atoms with Crippen molar-refractivity contribution in [1.82, 2.24) is 0 Å². The van der Waals surface area contributed by atoms with Crippen molar-refractivity contribution < 1.29 is 8.42 Å². The van der Waals surface area contributed by atoms with Crippen LogP contribution in [0.2, 0.25) is 5.02 Å². The van der Waals surface area contributed by atoms with Crippen molar-refractivity contribution in [1.29, 1.82) is 0 Å². The topological polar surface area (TPSA) is 34.1 Å². The second-order valence-electron chi connectivity index (χ2n) is 6.24. The van der Waals surface area contributed by atoms with Gasteiger partial charge in [-0.25, -0.2) is 8.42 Å². The molecule has 0 aliphatic heterocycles. The van der Waals surface area contributed by atoms with Gasteiger partial charge < -0.3 is 0 Å². The van der Waals surface area contributed by atoms with E-state index < -0.39 is 20.0 Å². The molecule has 21 heavy (non-hydrogen) atoms. The summed E-state index contributed by atoms with van der Waals surface area (Å²) in [6.07, 6.45) is 0.390. The van der Waals surface area contributed by atoms with Crippen molar-refractivity contribution in [2.45, 2.75) is 37.4 Å². The first-order valence-electron chi connectivity index (χ1n) is 6.68. The number of hydrogen-bond acceptors (Lipinski definition) is 2. The van der Waals surface area contributed by atoms with Gasteiger partial charge in [0.05, 0.1) is 10.5 Å². The number of benzene rings is 1. The van der Waals surface area contributed by atoms with Crippen LogP contribution in [0.15, 0.2) is 24.3 Å². The Bertz CT molecular complexity index is 556. The fourth-order valence-electron chi connectivity index (χ4n) is 1.91. The third-order valence-electron chi connectivity index (χ3n) is 3.75. The maximum atomic E-state index is 12.3. The van der Waals surface area contributed by atoms with Crippen LogP contribution in [0, 0.1) is 0 Å². The van der Waals surface area contributed by atoms with Gasteiger partial charge in [0.25, 0.3) is 0 Å². The summed E-state index contributed by atoms with van der Waals surface area (Å²) in [5, 5.41) is 0.624. The molecule has 1 aromatic rings. The summed E-state index contributed by atoms with van der Waals surface area (Å²) in [5.41, 5.74) is 0.354. The minimum absolute atomic E-state index is 0.0541. The smallest absolute Gasteiger partial charge is 0.155 e. The van der Waals surface area contributed by atoms with Crippen molar-refractivity contribution in [3.05, 3.63) is 34.9 Å². The van der Waals surface area contributed by atoms with Crippen LogP contribution >= 0.6 is 34.8 Å². The summed E-state index contributed by atoms with van der Waals surface area (Å²) in [6.45, 7) is 5.11. The molecule has 0 N–H and O–H groups in total. The summed E-state index contributed by atoms with van der Waals surface area (Å²) in [5.74, 6) is 0.578. The normalized spacial score (nSPS) is 13.4. The molecule has 2 nitrogen and oxygen atoms in total. The maximum Gasteiger partial charge on any atom is 0.155 e. The molecule has 0 bridgehead atoms. The Kier molecular flexibility index (Phi) is 6.43. The number of alkyl halides is 2. The van der Waals surface area contributed by atoms with Gasteiger partial charge in [0.1, 0.15) is 0 Å². The summed E-state index contributed by atoms with van der Waals surface area (Å²) in [4.78, 5) is 0.